The van der Waals surface area contributed by atoms with Gasteiger partial charge >= 0.3 is 6.03 Å². The molecule has 2 aliphatic heterocycles. The molecule has 0 bridgehead atoms. The number of nitrogens with zero attached hydrogens (tertiary/aromatic N) is 2. The minimum absolute atomic E-state index is 0.189. The third kappa shape index (κ3) is 4.26. The molecule has 1 aromatic rings. The van der Waals surface area contributed by atoms with Gasteiger partial charge in [0.25, 0.3) is 5.91 Å². The Hall–Kier alpha value is -1.68. The van der Waals surface area contributed by atoms with Crippen molar-refractivity contribution in [2.24, 2.45) is 0 Å². The molecule has 2 saturated heterocycles. The Morgan fingerprint density at radius 1 is 1.19 bits per heavy atom. The maximum absolute atomic E-state index is 12.7. The molecule has 10 heteroatoms. The normalized spacial score (nSPS) is 22.3. The van der Waals surface area contributed by atoms with Gasteiger partial charge in [0.1, 0.15) is 6.04 Å². The zero-order valence-electron chi connectivity index (χ0n) is 15.2. The van der Waals surface area contributed by atoms with Gasteiger partial charge in [-0.15, -0.1) is 0 Å². The van der Waals surface area contributed by atoms with Crippen LogP contribution in [0.4, 0.5) is 4.79 Å². The van der Waals surface area contributed by atoms with Crippen molar-refractivity contribution < 1.29 is 22.9 Å². The molecule has 3 amide bonds. The number of benzene rings is 1. The molecule has 0 spiro atoms. The number of sulfonamides is 1. The van der Waals surface area contributed by atoms with E-state index in [0.29, 0.717) is 37.6 Å². The molecule has 2 fully saturated rings. The van der Waals surface area contributed by atoms with E-state index in [0.717, 1.165) is 11.3 Å². The summed E-state index contributed by atoms with van der Waals surface area (Å²) in [5.74, 6) is -0.189. The van der Waals surface area contributed by atoms with Crippen LogP contribution in [-0.4, -0.2) is 68.5 Å². The summed E-state index contributed by atoms with van der Waals surface area (Å²) < 4.78 is 26.9. The highest BCUT2D eigenvalue weighted by atomic mass is 35.5. The van der Waals surface area contributed by atoms with Gasteiger partial charge in [0, 0.05) is 5.02 Å². The van der Waals surface area contributed by atoms with Crippen molar-refractivity contribution in [2.75, 3.05) is 32.8 Å². The Morgan fingerprint density at radius 2 is 1.81 bits per heavy atom. The SMILES string of the molecule is CCC[C@@H]1NC(=O)N(C[NH+]2CCN(S(=O)(=O)c3ccc(Cl)cc3)CC2)C1=O. The van der Waals surface area contributed by atoms with Crippen LogP contribution in [0.15, 0.2) is 29.2 Å². The van der Waals surface area contributed by atoms with Crippen molar-refractivity contribution in [1.82, 2.24) is 14.5 Å². The molecule has 2 N–H and O–H groups in total. The Labute approximate surface area is 164 Å². The number of hydrogen-bond donors (Lipinski definition) is 2. The number of hydrogen-bond acceptors (Lipinski definition) is 4. The molecule has 1 atom stereocenters. The van der Waals surface area contributed by atoms with Crippen LogP contribution in [0.5, 0.6) is 0 Å². The van der Waals surface area contributed by atoms with E-state index in [9.17, 15) is 18.0 Å². The maximum Gasteiger partial charge on any atom is 0.329 e. The second kappa shape index (κ2) is 8.14. The van der Waals surface area contributed by atoms with Crippen LogP contribution >= 0.6 is 11.6 Å². The largest absolute Gasteiger partial charge is 0.329 e. The fourth-order valence-electron chi connectivity index (χ4n) is 3.39. The van der Waals surface area contributed by atoms with E-state index in [4.69, 9.17) is 11.6 Å². The summed E-state index contributed by atoms with van der Waals surface area (Å²) >= 11 is 5.82. The lowest BCUT2D eigenvalue weighted by atomic mass is 10.2. The average molecular weight is 416 g/mol. The maximum atomic E-state index is 12.7. The first kappa shape index (κ1) is 20.1. The number of halogens is 1. The Kier molecular flexibility index (Phi) is 6.05. The van der Waals surface area contributed by atoms with Gasteiger partial charge in [-0.25, -0.2) is 18.1 Å². The number of rotatable bonds is 6. The molecule has 8 nitrogen and oxygen atoms in total. The van der Waals surface area contributed by atoms with Gasteiger partial charge in [0.05, 0.1) is 31.1 Å². The molecule has 0 saturated carbocycles. The summed E-state index contributed by atoms with van der Waals surface area (Å²) in [4.78, 5) is 26.8. The predicted molar refractivity (Wildman–Crippen MR) is 99.8 cm³/mol. The molecule has 1 aromatic carbocycles. The third-order valence-electron chi connectivity index (χ3n) is 4.95. The number of piperazine rings is 1. The lowest BCUT2D eigenvalue weighted by molar-refractivity contribution is -0.910. The van der Waals surface area contributed by atoms with Crippen molar-refractivity contribution in [3.05, 3.63) is 29.3 Å². The average Bonchev–Trinajstić information content (AvgIpc) is 2.90. The van der Waals surface area contributed by atoms with Gasteiger partial charge in [-0.1, -0.05) is 24.9 Å². The zero-order valence-corrected chi connectivity index (χ0v) is 16.7. The van der Waals surface area contributed by atoms with Crippen LogP contribution < -0.4 is 10.2 Å². The molecular formula is C17H24ClN4O4S+. The topological polar surface area (TPSA) is 91.2 Å². The third-order valence-corrected chi connectivity index (χ3v) is 7.11. The fraction of sp³-hybridized carbons (Fsp3) is 0.529. The number of urea groups is 1. The molecule has 0 aromatic heterocycles. The van der Waals surface area contributed by atoms with Crippen LogP contribution in [0.2, 0.25) is 5.02 Å². The molecule has 27 heavy (non-hydrogen) atoms. The lowest BCUT2D eigenvalue weighted by Gasteiger charge is -2.32. The summed E-state index contributed by atoms with van der Waals surface area (Å²) in [5, 5.41) is 3.19. The number of imide groups is 1. The van der Waals surface area contributed by atoms with Crippen LogP contribution in [0, 0.1) is 0 Å². The molecule has 3 rings (SSSR count). The summed E-state index contributed by atoms with van der Waals surface area (Å²) in [7, 11) is -3.57. The monoisotopic (exact) mass is 415 g/mol. The summed E-state index contributed by atoms with van der Waals surface area (Å²) in [5.41, 5.74) is 0. The Balaban J connectivity index is 1.58. The van der Waals surface area contributed by atoms with Gasteiger partial charge in [-0.3, -0.25) is 4.79 Å². The summed E-state index contributed by atoms with van der Waals surface area (Å²) in [6.45, 7) is 3.96. The standard InChI is InChI=1S/C17H23ClN4O4S/c1-2-3-15-16(23)22(17(24)19-15)12-20-8-10-21(11-9-20)27(25,26)14-6-4-13(18)5-7-14/h4-7,15H,2-3,8-12H2,1H3,(H,19,24)/p+1/t15-/m0/s1. The second-order valence-corrected chi connectivity index (χ2v) is 9.20. The number of nitrogens with one attached hydrogen (secondary N) is 2. The van der Waals surface area contributed by atoms with Crippen molar-refractivity contribution in [2.45, 2.75) is 30.7 Å². The van der Waals surface area contributed by atoms with Crippen molar-refractivity contribution >= 4 is 33.6 Å². The van der Waals surface area contributed by atoms with E-state index >= 15 is 0 Å². The van der Waals surface area contributed by atoms with Crippen molar-refractivity contribution in [3.63, 3.8) is 0 Å². The first-order valence-electron chi connectivity index (χ1n) is 9.04. The van der Waals surface area contributed by atoms with Gasteiger partial charge in [-0.05, 0) is 30.7 Å². The van der Waals surface area contributed by atoms with E-state index < -0.39 is 16.1 Å². The van der Waals surface area contributed by atoms with E-state index in [2.05, 4.69) is 5.32 Å². The first-order valence-corrected chi connectivity index (χ1v) is 10.9. The quantitative estimate of drug-likeness (QED) is 0.635. The van der Waals surface area contributed by atoms with E-state index in [1.807, 2.05) is 6.92 Å². The zero-order chi connectivity index (χ0) is 19.6. The van der Waals surface area contributed by atoms with Crippen molar-refractivity contribution in [1.29, 1.82) is 0 Å². The number of quaternary nitrogens is 1. The molecule has 2 heterocycles. The van der Waals surface area contributed by atoms with Gasteiger partial charge in [0.2, 0.25) is 10.0 Å². The molecule has 0 radical (unpaired) electrons. The lowest BCUT2D eigenvalue weighted by Crippen LogP contribution is -3.16. The number of carbonyl (C=O) groups is 2. The summed E-state index contributed by atoms with van der Waals surface area (Å²) in [6, 6.07) is 5.31. The highest BCUT2D eigenvalue weighted by molar-refractivity contribution is 7.89. The first-order chi connectivity index (χ1) is 12.8. The Morgan fingerprint density at radius 3 is 2.41 bits per heavy atom. The van der Waals surface area contributed by atoms with Crippen LogP contribution in [0.1, 0.15) is 19.8 Å². The van der Waals surface area contributed by atoms with Crippen LogP contribution in [0.3, 0.4) is 0 Å². The molecule has 0 aliphatic carbocycles. The molecule has 2 aliphatic rings. The van der Waals surface area contributed by atoms with Gasteiger partial charge in [0.15, 0.2) is 6.67 Å². The summed E-state index contributed by atoms with van der Waals surface area (Å²) in [6.07, 6.45) is 1.45. The predicted octanol–water partition coefficient (Wildman–Crippen LogP) is -0.0928. The molecular weight excluding hydrogens is 392 g/mol. The van der Waals surface area contributed by atoms with Crippen LogP contribution in [0.25, 0.3) is 0 Å². The molecule has 0 unspecified atom stereocenters. The number of carbonyl (C=O) groups excluding carboxylic acids is 2. The molecule has 148 valence electrons. The number of amides is 3. The van der Waals surface area contributed by atoms with E-state index in [1.54, 1.807) is 12.1 Å². The van der Waals surface area contributed by atoms with Gasteiger partial charge < -0.3 is 10.2 Å². The highest BCUT2D eigenvalue weighted by Gasteiger charge is 2.40. The van der Waals surface area contributed by atoms with E-state index in [1.165, 1.54) is 21.3 Å². The highest BCUT2D eigenvalue weighted by Crippen LogP contribution is 2.18. The Bertz CT molecular complexity index is 807. The van der Waals surface area contributed by atoms with Gasteiger partial charge in [-0.2, -0.15) is 4.31 Å². The van der Waals surface area contributed by atoms with E-state index in [-0.39, 0.29) is 23.5 Å². The fourth-order valence-corrected chi connectivity index (χ4v) is 4.96. The smallest absolute Gasteiger partial charge is 0.326 e. The van der Waals surface area contributed by atoms with Crippen molar-refractivity contribution in [3.8, 4) is 0 Å². The second-order valence-electron chi connectivity index (χ2n) is 6.82. The minimum Gasteiger partial charge on any atom is -0.326 e. The minimum atomic E-state index is -3.57. The van der Waals surface area contributed by atoms with Crippen LogP contribution in [-0.2, 0) is 14.8 Å².